The summed E-state index contributed by atoms with van der Waals surface area (Å²) in [5.41, 5.74) is 1.43. The number of hydrogen-bond donors (Lipinski definition) is 1. The second-order valence-electron chi connectivity index (χ2n) is 6.87. The summed E-state index contributed by atoms with van der Waals surface area (Å²) in [5, 5.41) is 5.18. The van der Waals surface area contributed by atoms with E-state index in [0.29, 0.717) is 19.0 Å². The molecular formula is C18H27N3O2S. The van der Waals surface area contributed by atoms with Crippen LogP contribution < -0.4 is 5.32 Å². The Hall–Kier alpha value is -1.40. The lowest BCUT2D eigenvalue weighted by molar-refractivity contribution is -0.135. The van der Waals surface area contributed by atoms with Crippen LogP contribution in [0.4, 0.5) is 0 Å². The van der Waals surface area contributed by atoms with Crippen molar-refractivity contribution in [1.29, 1.82) is 0 Å². The third-order valence-corrected chi connectivity index (χ3v) is 6.08. The molecule has 2 aliphatic heterocycles. The number of hydrogen-bond acceptors (Lipinski definition) is 4. The molecule has 3 rings (SSSR count). The summed E-state index contributed by atoms with van der Waals surface area (Å²) in [7, 11) is 0. The second kappa shape index (κ2) is 8.12. The summed E-state index contributed by atoms with van der Waals surface area (Å²) in [5.74, 6) is 0.0852. The number of rotatable bonds is 5. The highest BCUT2D eigenvalue weighted by Gasteiger charge is 2.23. The number of amides is 2. The van der Waals surface area contributed by atoms with Crippen LogP contribution in [0.15, 0.2) is 11.4 Å². The number of likely N-dealkylation sites (tertiary alicyclic amines) is 1. The lowest BCUT2D eigenvalue weighted by atomic mass is 10.1. The van der Waals surface area contributed by atoms with Gasteiger partial charge < -0.3 is 10.2 Å². The third kappa shape index (κ3) is 4.36. The van der Waals surface area contributed by atoms with E-state index in [1.807, 2.05) is 11.3 Å². The highest BCUT2D eigenvalue weighted by Crippen LogP contribution is 2.24. The van der Waals surface area contributed by atoms with Crippen molar-refractivity contribution in [2.45, 2.75) is 51.6 Å². The van der Waals surface area contributed by atoms with Crippen LogP contribution in [0.5, 0.6) is 0 Å². The maximum atomic E-state index is 12.2. The number of nitrogens with one attached hydrogen (secondary N) is 1. The molecule has 0 aromatic carbocycles. The fourth-order valence-electron chi connectivity index (χ4n) is 3.47. The summed E-state index contributed by atoms with van der Waals surface area (Å²) in [6.45, 7) is 5.75. The van der Waals surface area contributed by atoms with Crippen molar-refractivity contribution in [3.05, 3.63) is 21.9 Å². The van der Waals surface area contributed by atoms with Crippen LogP contribution in [-0.4, -0.2) is 53.8 Å². The minimum absolute atomic E-state index is 0.0367. The first-order chi connectivity index (χ1) is 11.6. The normalized spacial score (nSPS) is 20.4. The van der Waals surface area contributed by atoms with E-state index in [9.17, 15) is 9.59 Å². The Kier molecular flexibility index (Phi) is 5.89. The van der Waals surface area contributed by atoms with E-state index in [4.69, 9.17) is 0 Å². The maximum absolute atomic E-state index is 12.2. The summed E-state index contributed by atoms with van der Waals surface area (Å²) in [4.78, 5) is 29.8. The predicted octanol–water partition coefficient (Wildman–Crippen LogP) is 2.01. The van der Waals surface area contributed by atoms with E-state index in [0.717, 1.165) is 45.3 Å². The van der Waals surface area contributed by atoms with Crippen LogP contribution in [0.2, 0.25) is 0 Å². The van der Waals surface area contributed by atoms with Crippen molar-refractivity contribution in [3.63, 3.8) is 0 Å². The first-order valence-electron chi connectivity index (χ1n) is 8.97. The van der Waals surface area contributed by atoms with Gasteiger partial charge in [0.25, 0.3) is 0 Å². The molecule has 2 aliphatic rings. The highest BCUT2D eigenvalue weighted by molar-refractivity contribution is 7.10. The van der Waals surface area contributed by atoms with Gasteiger partial charge in [0.2, 0.25) is 11.8 Å². The molecule has 0 aliphatic carbocycles. The van der Waals surface area contributed by atoms with E-state index >= 15 is 0 Å². The van der Waals surface area contributed by atoms with Crippen molar-refractivity contribution >= 4 is 23.2 Å². The summed E-state index contributed by atoms with van der Waals surface area (Å²) < 4.78 is 0. The zero-order chi connectivity index (χ0) is 16.9. The van der Waals surface area contributed by atoms with Crippen LogP contribution in [0, 0.1) is 0 Å². The van der Waals surface area contributed by atoms with Crippen molar-refractivity contribution in [1.82, 2.24) is 15.1 Å². The van der Waals surface area contributed by atoms with Crippen molar-refractivity contribution in [3.8, 4) is 0 Å². The zero-order valence-corrected chi connectivity index (χ0v) is 15.2. The summed E-state index contributed by atoms with van der Waals surface area (Å²) in [6.07, 6.45) is 4.73. The van der Waals surface area contributed by atoms with Crippen molar-refractivity contribution < 1.29 is 9.59 Å². The zero-order valence-electron chi connectivity index (χ0n) is 14.4. The Morgan fingerprint density at radius 1 is 1.29 bits per heavy atom. The van der Waals surface area contributed by atoms with Gasteiger partial charge in [0.1, 0.15) is 0 Å². The van der Waals surface area contributed by atoms with E-state index in [2.05, 4.69) is 28.6 Å². The topological polar surface area (TPSA) is 52.7 Å². The van der Waals surface area contributed by atoms with Gasteiger partial charge in [-0.15, -0.1) is 11.3 Å². The van der Waals surface area contributed by atoms with Gasteiger partial charge in [0, 0.05) is 43.5 Å². The highest BCUT2D eigenvalue weighted by atomic mass is 32.1. The molecule has 24 heavy (non-hydrogen) atoms. The smallest absolute Gasteiger partial charge is 0.239 e. The van der Waals surface area contributed by atoms with Gasteiger partial charge in [-0.1, -0.05) is 6.42 Å². The van der Waals surface area contributed by atoms with Crippen LogP contribution in [0.1, 0.15) is 43.0 Å². The average molecular weight is 350 g/mol. The maximum Gasteiger partial charge on any atom is 0.239 e. The lowest BCUT2D eigenvalue weighted by Crippen LogP contribution is -2.47. The molecule has 0 radical (unpaired) electrons. The Balaban J connectivity index is 1.43. The van der Waals surface area contributed by atoms with Gasteiger partial charge in [-0.2, -0.15) is 0 Å². The van der Waals surface area contributed by atoms with Crippen molar-refractivity contribution in [2.24, 2.45) is 0 Å². The van der Waals surface area contributed by atoms with Gasteiger partial charge in [-0.05, 0) is 43.2 Å². The number of carbonyl (C=O) groups excluding carboxylic acids is 2. The number of thiophene rings is 1. The van der Waals surface area contributed by atoms with E-state index in [-0.39, 0.29) is 18.4 Å². The van der Waals surface area contributed by atoms with Crippen LogP contribution in [0.25, 0.3) is 0 Å². The molecule has 2 amide bonds. The molecule has 0 spiro atoms. The fourth-order valence-corrected chi connectivity index (χ4v) is 4.36. The van der Waals surface area contributed by atoms with Crippen LogP contribution >= 0.6 is 11.3 Å². The summed E-state index contributed by atoms with van der Waals surface area (Å²) >= 11 is 1.84. The molecule has 1 unspecified atom stereocenters. The molecule has 1 fully saturated rings. The standard InChI is InChI=1S/C18H27N3O2S/c1-14(20-9-6-16-15(12-20)7-10-24-16)11-19-17(22)13-21-8-4-2-3-5-18(21)23/h7,10,14H,2-6,8-9,11-13H2,1H3,(H,19,22). The molecule has 0 bridgehead atoms. The van der Waals surface area contributed by atoms with Gasteiger partial charge >= 0.3 is 0 Å². The summed E-state index contributed by atoms with van der Waals surface area (Å²) in [6, 6.07) is 2.52. The van der Waals surface area contributed by atoms with E-state index in [1.165, 1.54) is 10.4 Å². The lowest BCUT2D eigenvalue weighted by Gasteiger charge is -2.32. The first-order valence-corrected chi connectivity index (χ1v) is 9.85. The molecule has 1 N–H and O–H groups in total. The third-order valence-electron chi connectivity index (χ3n) is 5.06. The van der Waals surface area contributed by atoms with Gasteiger partial charge in [-0.3, -0.25) is 14.5 Å². The van der Waals surface area contributed by atoms with Gasteiger partial charge in [0.05, 0.1) is 6.54 Å². The Morgan fingerprint density at radius 2 is 2.17 bits per heavy atom. The molecule has 1 saturated heterocycles. The minimum Gasteiger partial charge on any atom is -0.353 e. The number of nitrogens with zero attached hydrogens (tertiary/aromatic N) is 2. The average Bonchev–Trinajstić information content (AvgIpc) is 2.96. The molecule has 5 nitrogen and oxygen atoms in total. The largest absolute Gasteiger partial charge is 0.353 e. The number of fused-ring (bicyclic) bond motifs is 1. The molecule has 1 aromatic heterocycles. The van der Waals surface area contributed by atoms with E-state index < -0.39 is 0 Å². The van der Waals surface area contributed by atoms with Crippen molar-refractivity contribution in [2.75, 3.05) is 26.2 Å². The monoisotopic (exact) mass is 349 g/mol. The molecule has 3 heterocycles. The Bertz CT molecular complexity index is 587. The van der Waals surface area contributed by atoms with Crippen LogP contribution in [-0.2, 0) is 22.6 Å². The molecule has 132 valence electrons. The SMILES string of the molecule is CC(CNC(=O)CN1CCCCCC1=O)N1CCc2sccc2C1. The molecule has 1 aromatic rings. The number of carbonyl (C=O) groups is 2. The molecule has 6 heteroatoms. The molecule has 0 saturated carbocycles. The van der Waals surface area contributed by atoms with Crippen LogP contribution in [0.3, 0.4) is 0 Å². The van der Waals surface area contributed by atoms with Gasteiger partial charge in [-0.25, -0.2) is 0 Å². The predicted molar refractivity (Wildman–Crippen MR) is 96.0 cm³/mol. The molecule has 1 atom stereocenters. The Morgan fingerprint density at radius 3 is 3.04 bits per heavy atom. The first kappa shape index (κ1) is 17.4. The second-order valence-corrected chi connectivity index (χ2v) is 7.87. The van der Waals surface area contributed by atoms with E-state index in [1.54, 1.807) is 4.90 Å². The minimum atomic E-state index is -0.0367. The van der Waals surface area contributed by atoms with Gasteiger partial charge in [0.15, 0.2) is 0 Å². The Labute approximate surface area is 148 Å². The fraction of sp³-hybridized carbons (Fsp3) is 0.667. The molecular weight excluding hydrogens is 322 g/mol. The quantitative estimate of drug-likeness (QED) is 0.885.